The van der Waals surface area contributed by atoms with E-state index in [0.717, 1.165) is 0 Å². The molecule has 1 N–H and O–H groups in total. The molecular weight excluding hydrogens is 228 g/mol. The highest BCUT2D eigenvalue weighted by atomic mass is 32.1. The van der Waals surface area contributed by atoms with Gasteiger partial charge in [-0.3, -0.25) is 9.59 Å². The molecule has 6 heteroatoms. The molecule has 1 heterocycles. The lowest BCUT2D eigenvalue weighted by Crippen LogP contribution is -2.57. The van der Waals surface area contributed by atoms with E-state index in [4.69, 9.17) is 12.2 Å². The summed E-state index contributed by atoms with van der Waals surface area (Å²) in [6.07, 6.45) is 0.739. The molecular formula is C10H16N2O3S. The Morgan fingerprint density at radius 2 is 2.38 bits per heavy atom. The highest BCUT2D eigenvalue weighted by molar-refractivity contribution is 7.80. The standard InChI is InChI=1S/C10H16N2O3S/c1-3-8(16)12-5-4-11-10(14)7(12)6-9(13)15-2/h7H,3-6H2,1-2H3,(H,11,14)/t7-/m0/s1. The molecule has 0 aromatic heterocycles. The molecule has 0 saturated carbocycles. The maximum absolute atomic E-state index is 11.7. The Balaban J connectivity index is 2.75. The van der Waals surface area contributed by atoms with Crippen molar-refractivity contribution < 1.29 is 14.3 Å². The Bertz CT molecular complexity index is 306. The van der Waals surface area contributed by atoms with Crippen molar-refractivity contribution in [3.05, 3.63) is 0 Å². The number of rotatable bonds is 3. The minimum Gasteiger partial charge on any atom is -0.469 e. The molecule has 1 amide bonds. The van der Waals surface area contributed by atoms with Crippen LogP contribution in [-0.4, -0.2) is 48.0 Å². The molecule has 90 valence electrons. The molecule has 0 spiro atoms. The van der Waals surface area contributed by atoms with E-state index < -0.39 is 12.0 Å². The van der Waals surface area contributed by atoms with Gasteiger partial charge in [0.2, 0.25) is 5.91 Å². The molecule has 1 fully saturated rings. The van der Waals surface area contributed by atoms with Crippen LogP contribution in [0.4, 0.5) is 0 Å². The molecule has 1 rings (SSSR count). The zero-order valence-corrected chi connectivity index (χ0v) is 10.3. The molecule has 16 heavy (non-hydrogen) atoms. The fraction of sp³-hybridized carbons (Fsp3) is 0.700. The summed E-state index contributed by atoms with van der Waals surface area (Å²) in [5, 5.41) is 2.72. The molecule has 0 unspecified atom stereocenters. The average molecular weight is 244 g/mol. The molecule has 0 radical (unpaired) electrons. The van der Waals surface area contributed by atoms with Crippen molar-refractivity contribution in [2.45, 2.75) is 25.8 Å². The SMILES string of the molecule is CCC(=S)N1CCNC(=O)[C@@H]1CC(=O)OC. The van der Waals surface area contributed by atoms with Gasteiger partial charge in [0, 0.05) is 13.1 Å². The van der Waals surface area contributed by atoms with Gasteiger partial charge in [0.1, 0.15) is 6.04 Å². The number of hydrogen-bond donors (Lipinski definition) is 1. The van der Waals surface area contributed by atoms with Gasteiger partial charge in [0.15, 0.2) is 0 Å². The number of carbonyl (C=O) groups excluding carboxylic acids is 2. The summed E-state index contributed by atoms with van der Waals surface area (Å²) in [4.78, 5) is 25.4. The van der Waals surface area contributed by atoms with Crippen LogP contribution < -0.4 is 5.32 Å². The lowest BCUT2D eigenvalue weighted by atomic mass is 10.1. The van der Waals surface area contributed by atoms with E-state index in [1.165, 1.54) is 7.11 Å². The number of piperazine rings is 1. The van der Waals surface area contributed by atoms with E-state index in [2.05, 4.69) is 10.1 Å². The highest BCUT2D eigenvalue weighted by Crippen LogP contribution is 2.12. The van der Waals surface area contributed by atoms with Gasteiger partial charge < -0.3 is 15.0 Å². The van der Waals surface area contributed by atoms with E-state index in [-0.39, 0.29) is 12.3 Å². The number of amides is 1. The average Bonchev–Trinajstić information content (AvgIpc) is 2.30. The van der Waals surface area contributed by atoms with Crippen LogP contribution in [-0.2, 0) is 14.3 Å². The second-order valence-electron chi connectivity index (χ2n) is 3.53. The van der Waals surface area contributed by atoms with E-state index in [9.17, 15) is 9.59 Å². The zero-order valence-electron chi connectivity index (χ0n) is 9.49. The van der Waals surface area contributed by atoms with E-state index >= 15 is 0 Å². The normalized spacial score (nSPS) is 20.2. The molecule has 0 aliphatic carbocycles. The number of esters is 1. The second kappa shape index (κ2) is 5.79. The Kier molecular flexibility index (Phi) is 4.67. The number of ether oxygens (including phenoxy) is 1. The van der Waals surface area contributed by atoms with Gasteiger partial charge in [0.25, 0.3) is 0 Å². The lowest BCUT2D eigenvalue weighted by molar-refractivity contribution is -0.144. The summed E-state index contributed by atoms with van der Waals surface area (Å²) in [6.45, 7) is 3.15. The fourth-order valence-electron chi connectivity index (χ4n) is 1.66. The van der Waals surface area contributed by atoms with Crippen molar-refractivity contribution in [1.82, 2.24) is 10.2 Å². The first kappa shape index (κ1) is 12.9. The lowest BCUT2D eigenvalue weighted by Gasteiger charge is -2.36. The van der Waals surface area contributed by atoms with Crippen LogP contribution in [0.3, 0.4) is 0 Å². The van der Waals surface area contributed by atoms with Crippen LogP contribution in [0.2, 0.25) is 0 Å². The maximum atomic E-state index is 11.7. The van der Waals surface area contributed by atoms with Crippen LogP contribution in [0, 0.1) is 0 Å². The first-order chi connectivity index (χ1) is 7.60. The molecule has 1 aliphatic heterocycles. The minimum atomic E-state index is -0.520. The second-order valence-corrected chi connectivity index (χ2v) is 4.00. The Labute approximate surface area is 100 Å². The van der Waals surface area contributed by atoms with Crippen molar-refractivity contribution in [3.8, 4) is 0 Å². The summed E-state index contributed by atoms with van der Waals surface area (Å²) in [5.41, 5.74) is 0. The molecule has 0 aromatic carbocycles. The monoisotopic (exact) mass is 244 g/mol. The molecule has 0 bridgehead atoms. The van der Waals surface area contributed by atoms with Gasteiger partial charge in [-0.05, 0) is 6.42 Å². The smallest absolute Gasteiger partial charge is 0.308 e. The molecule has 0 aromatic rings. The third kappa shape index (κ3) is 2.91. The Morgan fingerprint density at radius 1 is 1.69 bits per heavy atom. The van der Waals surface area contributed by atoms with Crippen molar-refractivity contribution in [2.24, 2.45) is 0 Å². The first-order valence-corrected chi connectivity index (χ1v) is 5.65. The number of nitrogens with zero attached hydrogens (tertiary/aromatic N) is 1. The van der Waals surface area contributed by atoms with E-state index in [1.54, 1.807) is 0 Å². The van der Waals surface area contributed by atoms with Gasteiger partial charge in [-0.2, -0.15) is 0 Å². The highest BCUT2D eigenvalue weighted by Gasteiger charge is 2.32. The number of nitrogens with one attached hydrogen (secondary N) is 1. The Hall–Kier alpha value is -1.17. The third-order valence-corrected chi connectivity index (χ3v) is 3.06. The van der Waals surface area contributed by atoms with Crippen molar-refractivity contribution >= 4 is 29.1 Å². The summed E-state index contributed by atoms with van der Waals surface area (Å²) < 4.78 is 4.57. The molecule has 1 saturated heterocycles. The largest absolute Gasteiger partial charge is 0.469 e. The first-order valence-electron chi connectivity index (χ1n) is 5.24. The number of carbonyl (C=O) groups is 2. The number of hydrogen-bond acceptors (Lipinski definition) is 4. The van der Waals surface area contributed by atoms with E-state index in [1.807, 2.05) is 11.8 Å². The molecule has 1 aliphatic rings. The number of methoxy groups -OCH3 is 1. The van der Waals surface area contributed by atoms with Crippen molar-refractivity contribution in [1.29, 1.82) is 0 Å². The van der Waals surface area contributed by atoms with Crippen LogP contribution in [0.1, 0.15) is 19.8 Å². The molecule has 1 atom stereocenters. The summed E-state index contributed by atoms with van der Waals surface area (Å²) in [7, 11) is 1.31. The predicted octanol–water partition coefficient (Wildman–Crippen LogP) is 0.0873. The summed E-state index contributed by atoms with van der Waals surface area (Å²) >= 11 is 5.19. The number of thiocarbonyl (C=S) groups is 1. The zero-order chi connectivity index (χ0) is 12.1. The van der Waals surface area contributed by atoms with Crippen LogP contribution in [0.15, 0.2) is 0 Å². The van der Waals surface area contributed by atoms with Gasteiger partial charge >= 0.3 is 5.97 Å². The topological polar surface area (TPSA) is 58.6 Å². The quantitative estimate of drug-likeness (QED) is 0.563. The van der Waals surface area contributed by atoms with Crippen molar-refractivity contribution in [3.63, 3.8) is 0 Å². The summed E-state index contributed by atoms with van der Waals surface area (Å²) in [5.74, 6) is -0.557. The predicted molar refractivity (Wildman–Crippen MR) is 63.0 cm³/mol. The van der Waals surface area contributed by atoms with Gasteiger partial charge in [-0.25, -0.2) is 0 Å². The van der Waals surface area contributed by atoms with Crippen molar-refractivity contribution in [2.75, 3.05) is 20.2 Å². The van der Waals surface area contributed by atoms with Gasteiger partial charge in [-0.1, -0.05) is 19.1 Å². The van der Waals surface area contributed by atoms with Crippen LogP contribution in [0.5, 0.6) is 0 Å². The van der Waals surface area contributed by atoms with Crippen LogP contribution >= 0.6 is 12.2 Å². The third-order valence-electron chi connectivity index (χ3n) is 2.54. The maximum Gasteiger partial charge on any atom is 0.308 e. The van der Waals surface area contributed by atoms with Gasteiger partial charge in [0.05, 0.1) is 18.5 Å². The van der Waals surface area contributed by atoms with Gasteiger partial charge in [-0.15, -0.1) is 0 Å². The summed E-state index contributed by atoms with van der Waals surface area (Å²) in [6, 6.07) is -0.520. The van der Waals surface area contributed by atoms with E-state index in [0.29, 0.717) is 24.5 Å². The fourth-order valence-corrected chi connectivity index (χ4v) is 1.88. The molecule has 5 nitrogen and oxygen atoms in total. The minimum absolute atomic E-state index is 0.0441. The Morgan fingerprint density at radius 3 is 2.94 bits per heavy atom. The van der Waals surface area contributed by atoms with Crippen LogP contribution in [0.25, 0.3) is 0 Å².